The van der Waals surface area contributed by atoms with Gasteiger partial charge in [0.1, 0.15) is 12.3 Å². The summed E-state index contributed by atoms with van der Waals surface area (Å²) >= 11 is 0. The second kappa shape index (κ2) is 11.9. The Balaban J connectivity index is 1.64. The van der Waals surface area contributed by atoms with Crippen LogP contribution in [0.4, 0.5) is 5.69 Å². The number of benzene rings is 1. The van der Waals surface area contributed by atoms with Crippen molar-refractivity contribution < 1.29 is 24.1 Å². The minimum atomic E-state index is -0.611. The number of hydrogen-bond acceptors (Lipinski definition) is 10. The molecule has 1 aromatic heterocycles. The van der Waals surface area contributed by atoms with Gasteiger partial charge in [-0.1, -0.05) is 0 Å². The summed E-state index contributed by atoms with van der Waals surface area (Å²) < 4.78 is 17.0. The van der Waals surface area contributed by atoms with E-state index in [1.165, 1.54) is 6.07 Å². The number of rotatable bonds is 9. The number of hydrazone groups is 1. The van der Waals surface area contributed by atoms with Gasteiger partial charge in [-0.15, -0.1) is 0 Å². The van der Waals surface area contributed by atoms with Crippen LogP contribution in [-0.4, -0.2) is 92.4 Å². The molecule has 2 fully saturated rings. The van der Waals surface area contributed by atoms with Crippen LogP contribution in [0.1, 0.15) is 27.2 Å². The van der Waals surface area contributed by atoms with Gasteiger partial charge in [0, 0.05) is 55.6 Å². The van der Waals surface area contributed by atoms with E-state index in [-0.39, 0.29) is 12.2 Å². The number of nitrogens with zero attached hydrogens (tertiary/aromatic N) is 4. The van der Waals surface area contributed by atoms with Gasteiger partial charge in [-0.05, 0) is 29.8 Å². The number of aromatic nitrogens is 1. The Morgan fingerprint density at radius 3 is 2.37 bits per heavy atom. The smallest absolute Gasteiger partial charge is 0.248 e. The number of aliphatic hydroxyl groups is 1. The molecule has 35 heavy (non-hydrogen) atoms. The van der Waals surface area contributed by atoms with E-state index in [0.717, 1.165) is 51.6 Å². The highest BCUT2D eigenvalue weighted by Crippen LogP contribution is 2.25. The standard InChI is InChI=1S/C24H32N6O5/c25-24(32)19-12-17(16-31)11-18(13-19)23(28-26)21-14-20(30-4-8-34-9-5-30)15-22(27-21)35-10-3-29-1-6-33-7-2-29/h11-15,31H,1-10,16,26H2,(H2,25,32)/b28-23+. The topological polar surface area (TPSA) is 149 Å². The molecule has 5 N–H and O–H groups in total. The monoisotopic (exact) mass is 484 g/mol. The van der Waals surface area contributed by atoms with Crippen LogP contribution in [0.5, 0.6) is 5.88 Å². The number of amides is 1. The van der Waals surface area contributed by atoms with E-state index in [1.807, 2.05) is 12.1 Å². The van der Waals surface area contributed by atoms with Gasteiger partial charge in [0.15, 0.2) is 0 Å². The van der Waals surface area contributed by atoms with Gasteiger partial charge in [0.2, 0.25) is 11.8 Å². The molecule has 0 saturated carbocycles. The van der Waals surface area contributed by atoms with Crippen molar-refractivity contribution in [2.24, 2.45) is 16.7 Å². The van der Waals surface area contributed by atoms with Gasteiger partial charge >= 0.3 is 0 Å². The van der Waals surface area contributed by atoms with E-state index in [0.29, 0.717) is 48.2 Å². The fourth-order valence-electron chi connectivity index (χ4n) is 4.15. The van der Waals surface area contributed by atoms with Crippen molar-refractivity contribution in [3.8, 4) is 5.88 Å². The zero-order chi connectivity index (χ0) is 24.6. The van der Waals surface area contributed by atoms with Crippen molar-refractivity contribution in [3.63, 3.8) is 0 Å². The highest BCUT2D eigenvalue weighted by atomic mass is 16.5. The highest BCUT2D eigenvalue weighted by molar-refractivity contribution is 6.13. The van der Waals surface area contributed by atoms with Crippen LogP contribution in [0, 0.1) is 0 Å². The average Bonchev–Trinajstić information content (AvgIpc) is 2.90. The molecule has 0 atom stereocenters. The molecule has 1 amide bonds. The first-order chi connectivity index (χ1) is 17.1. The minimum absolute atomic E-state index is 0.249. The quantitative estimate of drug-likeness (QED) is 0.253. The Bertz CT molecular complexity index is 1050. The number of carbonyl (C=O) groups is 1. The van der Waals surface area contributed by atoms with E-state index >= 15 is 0 Å². The lowest BCUT2D eigenvalue weighted by molar-refractivity contribution is 0.0320. The zero-order valence-electron chi connectivity index (χ0n) is 19.7. The van der Waals surface area contributed by atoms with Crippen molar-refractivity contribution in [3.05, 3.63) is 52.7 Å². The van der Waals surface area contributed by atoms with Crippen LogP contribution in [0.15, 0.2) is 35.4 Å². The van der Waals surface area contributed by atoms with Crippen molar-refractivity contribution in [1.82, 2.24) is 9.88 Å². The molecule has 0 bridgehead atoms. The van der Waals surface area contributed by atoms with Crippen molar-refractivity contribution >= 4 is 17.3 Å². The maximum absolute atomic E-state index is 11.8. The van der Waals surface area contributed by atoms with Crippen molar-refractivity contribution in [1.29, 1.82) is 0 Å². The Morgan fingerprint density at radius 1 is 1.03 bits per heavy atom. The number of pyridine rings is 1. The van der Waals surface area contributed by atoms with Gasteiger partial charge in [-0.25, -0.2) is 4.98 Å². The van der Waals surface area contributed by atoms with Gasteiger partial charge in [-0.2, -0.15) is 5.10 Å². The fourth-order valence-corrected chi connectivity index (χ4v) is 4.15. The normalized spacial score (nSPS) is 17.4. The lowest BCUT2D eigenvalue weighted by atomic mass is 10.00. The van der Waals surface area contributed by atoms with Crippen LogP contribution in [0.3, 0.4) is 0 Å². The van der Waals surface area contributed by atoms with Crippen molar-refractivity contribution in [2.45, 2.75) is 6.61 Å². The molecule has 2 saturated heterocycles. The van der Waals surface area contributed by atoms with E-state index in [4.69, 9.17) is 25.8 Å². The van der Waals surface area contributed by atoms with Gasteiger partial charge in [0.25, 0.3) is 0 Å². The lowest BCUT2D eigenvalue weighted by Crippen LogP contribution is -2.38. The molecular formula is C24H32N6O5. The number of nitrogens with two attached hydrogens (primary N) is 2. The molecular weight excluding hydrogens is 452 g/mol. The molecule has 0 spiro atoms. The Kier molecular flexibility index (Phi) is 8.48. The number of primary amides is 1. The summed E-state index contributed by atoms with van der Waals surface area (Å²) in [5.41, 5.74) is 8.54. The van der Waals surface area contributed by atoms with E-state index in [9.17, 15) is 9.90 Å². The molecule has 0 aliphatic carbocycles. The van der Waals surface area contributed by atoms with E-state index in [2.05, 4.69) is 19.9 Å². The lowest BCUT2D eigenvalue weighted by Gasteiger charge is -2.29. The Labute approximate surface area is 204 Å². The third-order valence-corrected chi connectivity index (χ3v) is 6.03. The molecule has 2 aromatic rings. The number of anilines is 1. The molecule has 1 aromatic carbocycles. The molecule has 0 radical (unpaired) electrons. The largest absolute Gasteiger partial charge is 0.476 e. The molecule has 11 nitrogen and oxygen atoms in total. The van der Waals surface area contributed by atoms with Crippen molar-refractivity contribution in [2.75, 3.05) is 70.7 Å². The first-order valence-corrected chi connectivity index (χ1v) is 11.7. The molecule has 4 rings (SSSR count). The first kappa shape index (κ1) is 24.9. The summed E-state index contributed by atoms with van der Waals surface area (Å²) in [5, 5.41) is 13.7. The van der Waals surface area contributed by atoms with Gasteiger partial charge in [0.05, 0.1) is 38.7 Å². The summed E-state index contributed by atoms with van der Waals surface area (Å²) in [5.74, 6) is 5.65. The third kappa shape index (κ3) is 6.45. The predicted molar refractivity (Wildman–Crippen MR) is 131 cm³/mol. The number of hydrogen-bond donors (Lipinski definition) is 3. The summed E-state index contributed by atoms with van der Waals surface area (Å²) in [6, 6.07) is 8.63. The van der Waals surface area contributed by atoms with Crippen LogP contribution in [-0.2, 0) is 16.1 Å². The number of aliphatic hydroxyl groups excluding tert-OH is 1. The first-order valence-electron chi connectivity index (χ1n) is 11.7. The van der Waals surface area contributed by atoms with Crippen LogP contribution >= 0.6 is 0 Å². The Hall–Kier alpha value is -3.25. The fraction of sp³-hybridized carbons (Fsp3) is 0.458. The molecule has 3 heterocycles. The maximum Gasteiger partial charge on any atom is 0.248 e. The van der Waals surface area contributed by atoms with E-state index in [1.54, 1.807) is 12.1 Å². The van der Waals surface area contributed by atoms with Gasteiger partial charge < -0.3 is 35.8 Å². The maximum atomic E-state index is 11.8. The predicted octanol–water partition coefficient (Wildman–Crippen LogP) is -0.0685. The minimum Gasteiger partial charge on any atom is -0.476 e. The number of morpholine rings is 2. The molecule has 2 aliphatic rings. The highest BCUT2D eigenvalue weighted by Gasteiger charge is 2.19. The summed E-state index contributed by atoms with van der Waals surface area (Å²) in [7, 11) is 0. The average molecular weight is 485 g/mol. The number of ether oxygens (including phenoxy) is 3. The van der Waals surface area contributed by atoms with Crippen LogP contribution < -0.4 is 21.2 Å². The molecule has 2 aliphatic heterocycles. The van der Waals surface area contributed by atoms with Crippen LogP contribution in [0.25, 0.3) is 0 Å². The van der Waals surface area contributed by atoms with Gasteiger partial charge in [-0.3, -0.25) is 9.69 Å². The Morgan fingerprint density at radius 2 is 1.71 bits per heavy atom. The third-order valence-electron chi connectivity index (χ3n) is 6.03. The second-order valence-electron chi connectivity index (χ2n) is 8.37. The summed E-state index contributed by atoms with van der Waals surface area (Å²) in [4.78, 5) is 21.0. The van der Waals surface area contributed by atoms with E-state index < -0.39 is 5.91 Å². The zero-order valence-corrected chi connectivity index (χ0v) is 19.7. The van der Waals surface area contributed by atoms with Crippen LogP contribution in [0.2, 0.25) is 0 Å². The molecule has 0 unspecified atom stereocenters. The summed E-state index contributed by atoms with van der Waals surface area (Å²) in [6.07, 6.45) is 0. The summed E-state index contributed by atoms with van der Waals surface area (Å²) in [6.45, 7) is 6.91. The second-order valence-corrected chi connectivity index (χ2v) is 8.37. The molecule has 11 heteroatoms. The number of carbonyl (C=O) groups excluding carboxylic acids is 1. The molecule has 188 valence electrons. The SMILES string of the molecule is N/N=C(\c1cc(CO)cc(C(N)=O)c1)c1cc(N2CCOCC2)cc(OCCN2CCOCC2)n1.